The highest BCUT2D eigenvalue weighted by atomic mass is 35.5. The Balaban J connectivity index is 1.97. The van der Waals surface area contributed by atoms with Crippen molar-refractivity contribution in [3.63, 3.8) is 0 Å². The van der Waals surface area contributed by atoms with E-state index in [0.717, 1.165) is 31.5 Å². The van der Waals surface area contributed by atoms with Crippen molar-refractivity contribution in [3.8, 4) is 11.1 Å². The molecular weight excluding hydrogens is 274 g/mol. The van der Waals surface area contributed by atoms with Crippen LogP contribution < -0.4 is 15.8 Å². The molecule has 1 aliphatic rings. The van der Waals surface area contributed by atoms with E-state index in [9.17, 15) is 9.59 Å². The lowest BCUT2D eigenvalue weighted by atomic mass is 9.94. The van der Waals surface area contributed by atoms with E-state index in [2.05, 4.69) is 11.8 Å². The molecule has 1 heterocycles. The number of anilines is 1. The van der Waals surface area contributed by atoms with Gasteiger partial charge in [-0.05, 0) is 36.5 Å². The molecule has 0 N–H and O–H groups in total. The summed E-state index contributed by atoms with van der Waals surface area (Å²) in [4.78, 5) is 25.9. The Morgan fingerprint density at radius 1 is 1.05 bits per heavy atom. The minimum atomic E-state index is -0.374. The van der Waals surface area contributed by atoms with Crippen molar-refractivity contribution in [3.05, 3.63) is 49.7 Å². The topological polar surface area (TPSA) is 37.4 Å². The van der Waals surface area contributed by atoms with Gasteiger partial charge in [-0.15, -0.1) is 0 Å². The van der Waals surface area contributed by atoms with E-state index < -0.39 is 0 Å². The van der Waals surface area contributed by atoms with Crippen LogP contribution in [0.2, 0.25) is 5.02 Å². The Morgan fingerprint density at radius 3 is 2.25 bits per heavy atom. The number of nitrogens with zero attached hydrogens (tertiary/aromatic N) is 1. The maximum Gasteiger partial charge on any atom is 0.250 e. The fraction of sp³-hybridized carbons (Fsp3) is 0.375. The van der Waals surface area contributed by atoms with Crippen LogP contribution in [0.15, 0.2) is 33.9 Å². The van der Waals surface area contributed by atoms with Gasteiger partial charge in [-0.25, -0.2) is 0 Å². The maximum atomic E-state index is 11.9. The summed E-state index contributed by atoms with van der Waals surface area (Å²) in [6.45, 7) is 3.93. The molecule has 104 valence electrons. The first kappa shape index (κ1) is 13.4. The number of benzene rings is 1. The highest BCUT2D eigenvalue weighted by molar-refractivity contribution is 6.30. The molecule has 0 aromatic heterocycles. The predicted molar refractivity (Wildman–Crippen MR) is 82.4 cm³/mol. The summed E-state index contributed by atoms with van der Waals surface area (Å²) < 4.78 is 0. The highest BCUT2D eigenvalue weighted by Crippen LogP contribution is 2.30. The number of rotatable bonds is 2. The average Bonchev–Trinajstić information content (AvgIpc) is 2.46. The fourth-order valence-electron chi connectivity index (χ4n) is 2.80. The van der Waals surface area contributed by atoms with Crippen LogP contribution in [0.1, 0.15) is 19.8 Å². The van der Waals surface area contributed by atoms with Crippen LogP contribution in [0.25, 0.3) is 11.1 Å². The largest absolute Gasteiger partial charge is 0.368 e. The third-order valence-corrected chi connectivity index (χ3v) is 4.37. The fourth-order valence-corrected chi connectivity index (χ4v) is 2.92. The monoisotopic (exact) mass is 289 g/mol. The van der Waals surface area contributed by atoms with E-state index in [4.69, 9.17) is 11.6 Å². The summed E-state index contributed by atoms with van der Waals surface area (Å²) in [5.41, 5.74) is 1.23. The van der Waals surface area contributed by atoms with Gasteiger partial charge in [-0.2, -0.15) is 0 Å². The molecule has 0 saturated carbocycles. The molecule has 0 atom stereocenters. The van der Waals surface area contributed by atoms with Crippen molar-refractivity contribution in [2.45, 2.75) is 19.8 Å². The van der Waals surface area contributed by atoms with Gasteiger partial charge >= 0.3 is 0 Å². The van der Waals surface area contributed by atoms with E-state index in [1.807, 2.05) is 0 Å². The lowest BCUT2D eigenvalue weighted by Gasteiger charge is -2.33. The van der Waals surface area contributed by atoms with Crippen molar-refractivity contribution in [2.24, 2.45) is 5.92 Å². The van der Waals surface area contributed by atoms with E-state index in [1.54, 1.807) is 24.3 Å². The van der Waals surface area contributed by atoms with Gasteiger partial charge in [0.2, 0.25) is 10.9 Å². The van der Waals surface area contributed by atoms with Crippen LogP contribution in [-0.4, -0.2) is 13.1 Å². The Morgan fingerprint density at radius 2 is 1.65 bits per heavy atom. The summed E-state index contributed by atoms with van der Waals surface area (Å²) in [7, 11) is 0. The van der Waals surface area contributed by atoms with Gasteiger partial charge in [0, 0.05) is 18.1 Å². The minimum absolute atomic E-state index is 0.343. The molecule has 3 nitrogen and oxygen atoms in total. The van der Waals surface area contributed by atoms with Gasteiger partial charge < -0.3 is 4.90 Å². The van der Waals surface area contributed by atoms with Crippen LogP contribution in [-0.2, 0) is 0 Å². The van der Waals surface area contributed by atoms with E-state index in [1.165, 1.54) is 0 Å². The van der Waals surface area contributed by atoms with Crippen molar-refractivity contribution in [2.75, 3.05) is 18.0 Å². The normalized spacial score (nSPS) is 16.8. The first-order valence-corrected chi connectivity index (χ1v) is 7.30. The van der Waals surface area contributed by atoms with Gasteiger partial charge in [-0.1, -0.05) is 30.7 Å². The lowest BCUT2D eigenvalue weighted by molar-refractivity contribution is 0.437. The van der Waals surface area contributed by atoms with E-state index in [-0.39, 0.29) is 10.9 Å². The van der Waals surface area contributed by atoms with Gasteiger partial charge in [0.1, 0.15) is 5.69 Å². The van der Waals surface area contributed by atoms with Gasteiger partial charge in [0.25, 0.3) is 0 Å². The molecule has 0 unspecified atom stereocenters. The SMILES string of the molecule is CC1CCN(c2c(-c3ccc(Cl)cc3)c(=O)c2=O)CC1. The first-order valence-electron chi connectivity index (χ1n) is 6.92. The van der Waals surface area contributed by atoms with Crippen LogP contribution in [0, 0.1) is 5.92 Å². The van der Waals surface area contributed by atoms with E-state index >= 15 is 0 Å². The molecule has 3 rings (SSSR count). The molecule has 1 fully saturated rings. The molecule has 0 bridgehead atoms. The zero-order chi connectivity index (χ0) is 14.3. The Bertz CT molecular complexity index is 690. The molecule has 20 heavy (non-hydrogen) atoms. The number of hydrogen-bond acceptors (Lipinski definition) is 3. The van der Waals surface area contributed by atoms with Crippen LogP contribution in [0.5, 0.6) is 0 Å². The Kier molecular flexibility index (Phi) is 3.38. The Labute approximate surface area is 122 Å². The number of piperidine rings is 1. The van der Waals surface area contributed by atoms with Crippen molar-refractivity contribution >= 4 is 17.3 Å². The van der Waals surface area contributed by atoms with Crippen LogP contribution in [0.3, 0.4) is 0 Å². The molecule has 1 saturated heterocycles. The summed E-state index contributed by atoms with van der Waals surface area (Å²) in [6, 6.07) is 7.09. The summed E-state index contributed by atoms with van der Waals surface area (Å²) in [6.07, 6.45) is 2.14. The molecule has 0 amide bonds. The van der Waals surface area contributed by atoms with Crippen molar-refractivity contribution in [1.29, 1.82) is 0 Å². The predicted octanol–water partition coefficient (Wildman–Crippen LogP) is 2.84. The second-order valence-electron chi connectivity index (χ2n) is 5.56. The molecule has 0 spiro atoms. The van der Waals surface area contributed by atoms with Crippen LogP contribution in [0.4, 0.5) is 5.69 Å². The number of hydrogen-bond donors (Lipinski definition) is 0. The molecule has 1 aliphatic heterocycles. The quantitative estimate of drug-likeness (QED) is 0.798. The first-order chi connectivity index (χ1) is 9.58. The van der Waals surface area contributed by atoms with E-state index in [0.29, 0.717) is 22.2 Å². The third-order valence-electron chi connectivity index (χ3n) is 4.12. The lowest BCUT2D eigenvalue weighted by Crippen LogP contribution is -2.45. The maximum absolute atomic E-state index is 11.9. The molecule has 2 aromatic carbocycles. The highest BCUT2D eigenvalue weighted by Gasteiger charge is 2.28. The molecular formula is C16H16ClNO2. The van der Waals surface area contributed by atoms with Gasteiger partial charge in [0.05, 0.1) is 5.56 Å². The number of halogens is 1. The molecule has 0 aliphatic carbocycles. The zero-order valence-electron chi connectivity index (χ0n) is 11.4. The van der Waals surface area contributed by atoms with Crippen LogP contribution >= 0.6 is 11.6 Å². The average molecular weight is 290 g/mol. The molecule has 2 aromatic rings. The zero-order valence-corrected chi connectivity index (χ0v) is 12.1. The minimum Gasteiger partial charge on any atom is -0.368 e. The van der Waals surface area contributed by atoms with Gasteiger partial charge in [0.15, 0.2) is 0 Å². The second kappa shape index (κ2) is 5.06. The van der Waals surface area contributed by atoms with Crippen molar-refractivity contribution in [1.82, 2.24) is 0 Å². The standard InChI is InChI=1S/C16H16ClNO2/c1-10-6-8-18(9-7-10)14-13(15(19)16(14)20)11-2-4-12(17)5-3-11/h2-5,10H,6-9H2,1H3. The summed E-state index contributed by atoms with van der Waals surface area (Å²) in [5.74, 6) is 0.691. The Hall–Kier alpha value is -1.61. The molecule has 0 radical (unpaired) electrons. The van der Waals surface area contributed by atoms with Gasteiger partial charge in [-0.3, -0.25) is 9.59 Å². The second-order valence-corrected chi connectivity index (χ2v) is 5.99. The smallest absolute Gasteiger partial charge is 0.250 e. The summed E-state index contributed by atoms with van der Waals surface area (Å²) >= 11 is 5.87. The third kappa shape index (κ3) is 2.16. The summed E-state index contributed by atoms with van der Waals surface area (Å²) in [5, 5.41) is 0.626. The molecule has 4 heteroatoms. The van der Waals surface area contributed by atoms with Crippen molar-refractivity contribution < 1.29 is 0 Å².